The first-order valence-corrected chi connectivity index (χ1v) is 4.11. The summed E-state index contributed by atoms with van der Waals surface area (Å²) in [6, 6.07) is 1.80. The molecule has 0 heterocycles. The largest absolute Gasteiger partial charge is 0.401 e. The van der Waals surface area contributed by atoms with Crippen molar-refractivity contribution in [2.24, 2.45) is 0 Å². The van der Waals surface area contributed by atoms with Gasteiger partial charge in [-0.05, 0) is 6.42 Å². The minimum atomic E-state index is -4.31. The van der Waals surface area contributed by atoms with Gasteiger partial charge < -0.3 is 4.74 Å². The number of halogens is 3. The molecular formula is C8H13F3N2O. The Morgan fingerprint density at radius 1 is 1.43 bits per heavy atom. The topological polar surface area (TPSA) is 45.0 Å². The van der Waals surface area contributed by atoms with Crippen LogP contribution in [-0.4, -0.2) is 32.0 Å². The Kier molecular flexibility index (Phi) is 4.88. The van der Waals surface area contributed by atoms with Crippen LogP contribution in [0.3, 0.4) is 0 Å². The van der Waals surface area contributed by atoms with Crippen molar-refractivity contribution in [2.45, 2.75) is 25.1 Å². The van der Waals surface area contributed by atoms with Crippen LogP contribution in [-0.2, 0) is 4.74 Å². The normalized spacial score (nSPS) is 16.0. The average Bonchev–Trinajstić information content (AvgIpc) is 2.11. The van der Waals surface area contributed by atoms with Crippen LogP contribution in [0.1, 0.15) is 13.3 Å². The Morgan fingerprint density at radius 2 is 2.00 bits per heavy atom. The lowest BCUT2D eigenvalue weighted by molar-refractivity contribution is -0.128. The second-order valence-corrected chi connectivity index (χ2v) is 2.95. The maximum atomic E-state index is 11.9. The maximum Gasteiger partial charge on any atom is 0.401 e. The lowest BCUT2D eigenvalue weighted by Crippen LogP contribution is -2.50. The standard InChI is InChI=1S/C8H13F3N2O/c1-3-7(4-12,6-14-2)13-5-8(9,10)11/h13H,3,5-6H2,1-2H3. The molecule has 0 aliphatic carbocycles. The number of rotatable bonds is 5. The lowest BCUT2D eigenvalue weighted by atomic mass is 9.99. The zero-order valence-electron chi connectivity index (χ0n) is 8.11. The van der Waals surface area contributed by atoms with Crippen LogP contribution < -0.4 is 5.32 Å². The van der Waals surface area contributed by atoms with Crippen LogP contribution in [0.4, 0.5) is 13.2 Å². The molecule has 1 unspecified atom stereocenters. The highest BCUT2D eigenvalue weighted by molar-refractivity contribution is 5.06. The SMILES string of the molecule is CCC(C#N)(COC)NCC(F)(F)F. The monoisotopic (exact) mass is 210 g/mol. The van der Waals surface area contributed by atoms with Crippen LogP contribution >= 0.6 is 0 Å². The highest BCUT2D eigenvalue weighted by atomic mass is 19.4. The van der Waals surface area contributed by atoms with E-state index < -0.39 is 18.3 Å². The Hall–Kier alpha value is -0.800. The average molecular weight is 210 g/mol. The summed E-state index contributed by atoms with van der Waals surface area (Å²) in [4.78, 5) is 0. The summed E-state index contributed by atoms with van der Waals surface area (Å²) in [5.41, 5.74) is -1.25. The molecule has 14 heavy (non-hydrogen) atoms. The van der Waals surface area contributed by atoms with Crippen LogP contribution in [0.2, 0.25) is 0 Å². The number of nitrogens with one attached hydrogen (secondary N) is 1. The fourth-order valence-corrected chi connectivity index (χ4v) is 0.945. The molecule has 0 radical (unpaired) electrons. The number of nitrogens with zero attached hydrogens (tertiary/aromatic N) is 1. The summed E-state index contributed by atoms with van der Waals surface area (Å²) in [5, 5.41) is 10.9. The molecule has 0 fully saturated rings. The first-order chi connectivity index (χ1) is 6.39. The van der Waals surface area contributed by atoms with E-state index in [1.165, 1.54) is 7.11 Å². The van der Waals surface area contributed by atoms with Crippen LogP contribution in [0.15, 0.2) is 0 Å². The smallest absolute Gasteiger partial charge is 0.382 e. The van der Waals surface area contributed by atoms with E-state index in [-0.39, 0.29) is 13.0 Å². The molecule has 1 N–H and O–H groups in total. The van der Waals surface area contributed by atoms with Gasteiger partial charge in [0.2, 0.25) is 0 Å². The van der Waals surface area contributed by atoms with Gasteiger partial charge in [-0.15, -0.1) is 0 Å². The molecule has 6 heteroatoms. The molecule has 3 nitrogen and oxygen atoms in total. The van der Waals surface area contributed by atoms with Crippen molar-refractivity contribution in [1.82, 2.24) is 5.32 Å². The fraction of sp³-hybridized carbons (Fsp3) is 0.875. The summed E-state index contributed by atoms with van der Waals surface area (Å²) in [7, 11) is 1.34. The van der Waals surface area contributed by atoms with Gasteiger partial charge in [-0.1, -0.05) is 6.92 Å². The maximum absolute atomic E-state index is 11.9. The van der Waals surface area contributed by atoms with Crippen molar-refractivity contribution in [1.29, 1.82) is 5.26 Å². The van der Waals surface area contributed by atoms with E-state index in [0.29, 0.717) is 0 Å². The molecule has 0 aromatic rings. The third-order valence-corrected chi connectivity index (χ3v) is 1.84. The Morgan fingerprint density at radius 3 is 2.29 bits per heavy atom. The van der Waals surface area contributed by atoms with Crippen molar-refractivity contribution in [3.63, 3.8) is 0 Å². The number of ether oxygens (including phenoxy) is 1. The second-order valence-electron chi connectivity index (χ2n) is 2.95. The molecule has 82 valence electrons. The van der Waals surface area contributed by atoms with Crippen molar-refractivity contribution in [3.05, 3.63) is 0 Å². The summed E-state index contributed by atoms with van der Waals surface area (Å²) >= 11 is 0. The van der Waals surface area contributed by atoms with Gasteiger partial charge >= 0.3 is 6.18 Å². The molecule has 0 amide bonds. The molecule has 0 aliphatic heterocycles. The van der Waals surface area contributed by atoms with Gasteiger partial charge in [-0.2, -0.15) is 18.4 Å². The van der Waals surface area contributed by atoms with Crippen LogP contribution in [0.5, 0.6) is 0 Å². The number of hydrogen-bond donors (Lipinski definition) is 1. The lowest BCUT2D eigenvalue weighted by Gasteiger charge is -2.26. The van der Waals surface area contributed by atoms with Gasteiger partial charge in [-0.25, -0.2) is 0 Å². The molecule has 0 saturated carbocycles. The van der Waals surface area contributed by atoms with Gasteiger partial charge in [0.15, 0.2) is 0 Å². The van der Waals surface area contributed by atoms with Crippen molar-refractivity contribution in [2.75, 3.05) is 20.3 Å². The van der Waals surface area contributed by atoms with Gasteiger partial charge in [0, 0.05) is 7.11 Å². The third kappa shape index (κ3) is 4.44. The van der Waals surface area contributed by atoms with Crippen LogP contribution in [0.25, 0.3) is 0 Å². The van der Waals surface area contributed by atoms with Crippen molar-refractivity contribution < 1.29 is 17.9 Å². The Labute approximate surface area is 80.8 Å². The van der Waals surface area contributed by atoms with Crippen molar-refractivity contribution in [3.8, 4) is 6.07 Å². The summed E-state index contributed by atoms with van der Waals surface area (Å²) < 4.78 is 40.4. The Balaban J connectivity index is 4.31. The van der Waals surface area contributed by atoms with E-state index in [1.54, 1.807) is 13.0 Å². The summed E-state index contributed by atoms with van der Waals surface area (Å²) in [6.45, 7) is 0.388. The zero-order valence-corrected chi connectivity index (χ0v) is 8.11. The molecule has 0 aromatic heterocycles. The highest BCUT2D eigenvalue weighted by Gasteiger charge is 2.34. The zero-order chi connectivity index (χ0) is 11.2. The highest BCUT2D eigenvalue weighted by Crippen LogP contribution is 2.16. The summed E-state index contributed by atoms with van der Waals surface area (Å²) in [6.07, 6.45) is -4.06. The predicted molar refractivity (Wildman–Crippen MR) is 44.6 cm³/mol. The molecule has 0 rings (SSSR count). The molecule has 0 aromatic carbocycles. The number of nitriles is 1. The van der Waals surface area contributed by atoms with E-state index in [2.05, 4.69) is 5.32 Å². The molecule has 0 spiro atoms. The minimum absolute atomic E-state index is 0.0594. The van der Waals surface area contributed by atoms with E-state index >= 15 is 0 Å². The van der Waals surface area contributed by atoms with Gasteiger partial charge in [0.25, 0.3) is 0 Å². The quantitative estimate of drug-likeness (QED) is 0.747. The van der Waals surface area contributed by atoms with E-state index in [1.807, 2.05) is 0 Å². The van der Waals surface area contributed by atoms with Gasteiger partial charge in [0.1, 0.15) is 5.54 Å². The molecule has 0 aliphatic rings. The minimum Gasteiger partial charge on any atom is -0.382 e. The van der Waals surface area contributed by atoms with E-state index in [4.69, 9.17) is 10.00 Å². The molecule has 0 saturated heterocycles. The summed E-state index contributed by atoms with van der Waals surface area (Å²) in [5.74, 6) is 0. The predicted octanol–water partition coefficient (Wildman–Crippen LogP) is 1.46. The van der Waals surface area contributed by atoms with Gasteiger partial charge in [0.05, 0.1) is 19.2 Å². The van der Waals surface area contributed by atoms with Gasteiger partial charge in [-0.3, -0.25) is 5.32 Å². The third-order valence-electron chi connectivity index (χ3n) is 1.84. The first-order valence-electron chi connectivity index (χ1n) is 4.11. The number of alkyl halides is 3. The molecule has 1 atom stereocenters. The molecule has 0 bridgehead atoms. The Bertz CT molecular complexity index is 212. The number of hydrogen-bond acceptors (Lipinski definition) is 3. The van der Waals surface area contributed by atoms with Crippen LogP contribution in [0, 0.1) is 11.3 Å². The second kappa shape index (κ2) is 5.17. The fourth-order valence-electron chi connectivity index (χ4n) is 0.945. The molecular weight excluding hydrogens is 197 g/mol. The van der Waals surface area contributed by atoms with E-state index in [9.17, 15) is 13.2 Å². The first kappa shape index (κ1) is 13.2. The number of methoxy groups -OCH3 is 1. The van der Waals surface area contributed by atoms with E-state index in [0.717, 1.165) is 0 Å². The van der Waals surface area contributed by atoms with Crippen molar-refractivity contribution >= 4 is 0 Å².